The summed E-state index contributed by atoms with van der Waals surface area (Å²) in [5.41, 5.74) is 19.4. The number of hydrogen-bond acceptors (Lipinski definition) is 2. The van der Waals surface area contributed by atoms with E-state index in [1.807, 2.05) is 6.07 Å². The van der Waals surface area contributed by atoms with Crippen molar-refractivity contribution in [1.82, 2.24) is 4.57 Å². The second kappa shape index (κ2) is 15.4. The van der Waals surface area contributed by atoms with E-state index in [1.165, 1.54) is 50.0 Å². The van der Waals surface area contributed by atoms with Gasteiger partial charge in [-0.2, -0.15) is 0 Å². The predicted octanol–water partition coefficient (Wildman–Crippen LogP) is 16.6. The van der Waals surface area contributed by atoms with E-state index >= 15 is 0 Å². The normalized spacial score (nSPS) is 12.3. The first-order chi connectivity index (χ1) is 31.3. The Labute approximate surface area is 367 Å². The van der Waals surface area contributed by atoms with Gasteiger partial charge >= 0.3 is 0 Å². The topological polar surface area (TPSA) is 21.3 Å². The Hall–Kier alpha value is -8.14. The van der Waals surface area contributed by atoms with Crippen molar-refractivity contribution in [3.05, 3.63) is 236 Å². The van der Waals surface area contributed by atoms with Crippen LogP contribution in [0.5, 0.6) is 0 Å². The highest BCUT2D eigenvalue weighted by atomic mass is 16.3. The summed E-state index contributed by atoms with van der Waals surface area (Å²) in [4.78, 5) is 2.39. The zero-order valence-corrected chi connectivity index (χ0v) is 34.7. The van der Waals surface area contributed by atoms with Crippen LogP contribution < -0.4 is 4.90 Å². The molecule has 63 heavy (non-hydrogen) atoms. The van der Waals surface area contributed by atoms with Crippen molar-refractivity contribution < 1.29 is 4.42 Å². The van der Waals surface area contributed by atoms with Crippen LogP contribution in [-0.2, 0) is 6.42 Å². The third kappa shape index (κ3) is 6.36. The Morgan fingerprint density at radius 3 is 1.81 bits per heavy atom. The molecule has 0 unspecified atom stereocenters. The molecule has 1 aliphatic carbocycles. The molecule has 0 aliphatic heterocycles. The van der Waals surface area contributed by atoms with Crippen LogP contribution in [0.4, 0.5) is 17.1 Å². The van der Waals surface area contributed by atoms with Crippen molar-refractivity contribution in [2.24, 2.45) is 0 Å². The number of rotatable bonds is 8. The van der Waals surface area contributed by atoms with Crippen molar-refractivity contribution in [2.45, 2.75) is 12.8 Å². The van der Waals surface area contributed by atoms with Gasteiger partial charge in [0.1, 0.15) is 11.2 Å². The molecule has 3 nitrogen and oxygen atoms in total. The summed E-state index contributed by atoms with van der Waals surface area (Å²) in [6, 6.07) is 78.8. The molecule has 0 atom stereocenters. The summed E-state index contributed by atoms with van der Waals surface area (Å²) < 4.78 is 9.05. The molecule has 0 radical (unpaired) electrons. The number of nitrogens with zero attached hydrogens (tertiary/aromatic N) is 2. The van der Waals surface area contributed by atoms with Crippen LogP contribution in [0.25, 0.3) is 89.1 Å². The largest absolute Gasteiger partial charge is 0.456 e. The second-order valence-electron chi connectivity index (χ2n) is 16.3. The molecule has 11 aromatic rings. The first kappa shape index (κ1) is 36.7. The lowest BCUT2D eigenvalue weighted by Crippen LogP contribution is -2.11. The summed E-state index contributed by atoms with van der Waals surface area (Å²) in [5, 5.41) is 3.54. The highest BCUT2D eigenvalue weighted by Gasteiger charge is 2.24. The standard InChI is InChI=1S/C60H42N2O/c1-3-16-41(17-4-1)42-30-35-46(36-31-42)61(54-25-11-7-20-48(54)43-18-5-2-6-19-43)47-37-32-44(33-38-47)49-24-15-28-57(62-55-26-12-8-21-50(55)51-22-9-13-27-56(51)62)60(49)45-34-39-53-52-23-10-14-29-58(52)63-59(53)40-45/h1-12,14-26,28-40H,13,27H2. The zero-order valence-electron chi connectivity index (χ0n) is 34.7. The average Bonchev–Trinajstić information content (AvgIpc) is 3.90. The number of hydrogen-bond donors (Lipinski definition) is 0. The molecule has 0 N–H and O–H groups in total. The maximum Gasteiger partial charge on any atom is 0.136 e. The molecule has 3 heteroatoms. The van der Waals surface area contributed by atoms with Crippen LogP contribution in [0.3, 0.4) is 0 Å². The maximum absolute atomic E-state index is 6.53. The van der Waals surface area contributed by atoms with E-state index in [9.17, 15) is 0 Å². The molecule has 2 aromatic heterocycles. The van der Waals surface area contributed by atoms with Crippen molar-refractivity contribution in [1.29, 1.82) is 0 Å². The molecule has 298 valence electrons. The van der Waals surface area contributed by atoms with E-state index < -0.39 is 0 Å². The smallest absolute Gasteiger partial charge is 0.136 e. The Morgan fingerprint density at radius 2 is 1.02 bits per heavy atom. The van der Waals surface area contributed by atoms with Crippen LogP contribution in [-0.4, -0.2) is 4.57 Å². The van der Waals surface area contributed by atoms with Gasteiger partial charge in [0, 0.05) is 49.9 Å². The second-order valence-corrected chi connectivity index (χ2v) is 16.3. The van der Waals surface area contributed by atoms with Gasteiger partial charge in [-0.15, -0.1) is 0 Å². The summed E-state index contributed by atoms with van der Waals surface area (Å²) in [5.74, 6) is 0. The number of anilines is 3. The van der Waals surface area contributed by atoms with E-state index in [2.05, 4.69) is 234 Å². The van der Waals surface area contributed by atoms with Crippen molar-refractivity contribution in [3.8, 4) is 50.2 Å². The minimum Gasteiger partial charge on any atom is -0.456 e. The van der Waals surface area contributed by atoms with Crippen LogP contribution in [0.1, 0.15) is 17.7 Å². The number of benzene rings is 9. The molecule has 0 spiro atoms. The monoisotopic (exact) mass is 806 g/mol. The lowest BCUT2D eigenvalue weighted by molar-refractivity contribution is 0.669. The van der Waals surface area contributed by atoms with Crippen molar-refractivity contribution in [2.75, 3.05) is 4.90 Å². The van der Waals surface area contributed by atoms with E-state index in [-0.39, 0.29) is 0 Å². The van der Waals surface area contributed by atoms with Gasteiger partial charge in [0.05, 0.1) is 16.9 Å². The van der Waals surface area contributed by atoms with Crippen molar-refractivity contribution >= 4 is 56.0 Å². The molecular formula is C60H42N2O. The lowest BCUT2D eigenvalue weighted by atomic mass is 9.91. The predicted molar refractivity (Wildman–Crippen MR) is 264 cm³/mol. The quantitative estimate of drug-likeness (QED) is 0.153. The Kier molecular flexibility index (Phi) is 8.97. The molecule has 0 amide bonds. The van der Waals surface area contributed by atoms with E-state index in [1.54, 1.807) is 0 Å². The molecule has 1 aliphatic rings. The fraction of sp³-hybridized carbons (Fsp3) is 0.0333. The fourth-order valence-electron chi connectivity index (χ4n) is 9.78. The van der Waals surface area contributed by atoms with E-state index in [0.717, 1.165) is 74.2 Å². The number of fused-ring (bicyclic) bond motifs is 6. The Balaban J connectivity index is 1.04. The number of aromatic nitrogens is 1. The lowest BCUT2D eigenvalue weighted by Gasteiger charge is -2.28. The summed E-state index contributed by atoms with van der Waals surface area (Å²) in [6.07, 6.45) is 6.63. The summed E-state index contributed by atoms with van der Waals surface area (Å²) >= 11 is 0. The van der Waals surface area contributed by atoms with Crippen LogP contribution in [0.15, 0.2) is 229 Å². The van der Waals surface area contributed by atoms with Gasteiger partial charge in [-0.05, 0) is 107 Å². The summed E-state index contributed by atoms with van der Waals surface area (Å²) in [6.45, 7) is 0. The number of furan rings is 1. The maximum atomic E-state index is 6.53. The van der Waals surface area contributed by atoms with Gasteiger partial charge in [0.15, 0.2) is 0 Å². The van der Waals surface area contributed by atoms with E-state index in [4.69, 9.17) is 4.42 Å². The van der Waals surface area contributed by atoms with Crippen LogP contribution in [0.2, 0.25) is 0 Å². The first-order valence-corrected chi connectivity index (χ1v) is 21.8. The van der Waals surface area contributed by atoms with Crippen molar-refractivity contribution in [3.63, 3.8) is 0 Å². The highest BCUT2D eigenvalue weighted by Crippen LogP contribution is 2.45. The van der Waals surface area contributed by atoms with Gasteiger partial charge < -0.3 is 13.9 Å². The molecule has 0 saturated carbocycles. The molecule has 12 rings (SSSR count). The van der Waals surface area contributed by atoms with Gasteiger partial charge in [0.2, 0.25) is 0 Å². The molecule has 0 saturated heterocycles. The van der Waals surface area contributed by atoms with Gasteiger partial charge in [-0.3, -0.25) is 0 Å². The third-order valence-electron chi connectivity index (χ3n) is 12.7. The highest BCUT2D eigenvalue weighted by molar-refractivity contribution is 6.07. The minimum atomic E-state index is 0.887. The van der Waals surface area contributed by atoms with Gasteiger partial charge in [0.25, 0.3) is 0 Å². The molecule has 0 fully saturated rings. The Bertz CT molecular complexity index is 3480. The summed E-state index contributed by atoms with van der Waals surface area (Å²) in [7, 11) is 0. The average molecular weight is 807 g/mol. The van der Waals surface area contributed by atoms with Gasteiger partial charge in [-0.25, -0.2) is 0 Å². The zero-order chi connectivity index (χ0) is 41.7. The minimum absolute atomic E-state index is 0.887. The van der Waals surface area contributed by atoms with Gasteiger partial charge in [-0.1, -0.05) is 170 Å². The molecular weight excluding hydrogens is 765 g/mol. The first-order valence-electron chi connectivity index (χ1n) is 21.8. The SMILES string of the molecule is C1=Cc2c(n(-c3cccc(-c4ccc(N(c5ccc(-c6ccccc6)cc5)c5ccccc5-c5ccccc5)cc4)c3-c3ccc4c(c3)oc3ccccc34)c3ccccc23)CC1. The molecule has 2 heterocycles. The Morgan fingerprint density at radius 1 is 0.429 bits per heavy atom. The number of para-hydroxylation sites is 3. The number of allylic oxidation sites excluding steroid dienone is 1. The van der Waals surface area contributed by atoms with E-state index in [0.29, 0.717) is 0 Å². The molecule has 9 aromatic carbocycles. The molecule has 0 bridgehead atoms. The third-order valence-corrected chi connectivity index (χ3v) is 12.7. The van der Waals surface area contributed by atoms with Crippen LogP contribution in [0, 0.1) is 0 Å². The van der Waals surface area contributed by atoms with Crippen LogP contribution >= 0.6 is 0 Å². The fourth-order valence-corrected chi connectivity index (χ4v) is 9.78.